The molecule has 1 aromatic carbocycles. The zero-order chi connectivity index (χ0) is 10.7. The zero-order valence-corrected chi connectivity index (χ0v) is 11.2. The van der Waals surface area contributed by atoms with Gasteiger partial charge in [0.1, 0.15) is 0 Å². The van der Waals surface area contributed by atoms with Gasteiger partial charge in [-0.25, -0.2) is 0 Å². The summed E-state index contributed by atoms with van der Waals surface area (Å²) < 4.78 is 0.938. The van der Waals surface area contributed by atoms with Crippen LogP contribution in [0, 0.1) is 5.92 Å². The molecule has 0 saturated heterocycles. The minimum atomic E-state index is 0.564. The minimum Gasteiger partial charge on any atom is -0.384 e. The first-order chi connectivity index (χ1) is 6.50. The molecule has 0 aliphatic carbocycles. The maximum Gasteiger partial charge on any atom is 0.0613 e. The lowest BCUT2D eigenvalue weighted by atomic mass is 10.2. The van der Waals surface area contributed by atoms with Gasteiger partial charge in [-0.15, -0.1) is 0 Å². The van der Waals surface area contributed by atoms with Crippen molar-refractivity contribution in [2.24, 2.45) is 5.92 Å². The predicted octanol–water partition coefficient (Wildman–Crippen LogP) is 4.82. The molecule has 0 spiro atoms. The molecule has 78 valence electrons. The van der Waals surface area contributed by atoms with E-state index in [0.717, 1.165) is 16.7 Å². The molecule has 0 fully saturated rings. The Morgan fingerprint density at radius 3 is 2.43 bits per heavy atom. The lowest BCUT2D eigenvalue weighted by Crippen LogP contribution is -2.08. The summed E-state index contributed by atoms with van der Waals surface area (Å²) in [6.07, 6.45) is 0. The second-order valence-corrected chi connectivity index (χ2v) is 5.19. The van der Waals surface area contributed by atoms with Gasteiger partial charge in [-0.05, 0) is 34.0 Å². The van der Waals surface area contributed by atoms with Gasteiger partial charge in [-0.1, -0.05) is 37.0 Å². The monoisotopic (exact) mass is 295 g/mol. The Labute approximate surface area is 103 Å². The fraction of sp³-hybridized carbons (Fsp3) is 0.400. The molecule has 0 bridgehead atoms. The van der Waals surface area contributed by atoms with E-state index >= 15 is 0 Å². The highest BCUT2D eigenvalue weighted by Crippen LogP contribution is 2.32. The van der Waals surface area contributed by atoms with Crippen LogP contribution in [0.4, 0.5) is 5.69 Å². The molecule has 14 heavy (non-hydrogen) atoms. The van der Waals surface area contributed by atoms with Crippen LogP contribution in [0.3, 0.4) is 0 Å². The van der Waals surface area contributed by atoms with E-state index in [0.29, 0.717) is 16.0 Å². The Balaban J connectivity index is 2.82. The van der Waals surface area contributed by atoms with E-state index in [1.54, 1.807) is 6.07 Å². The number of hydrogen-bond donors (Lipinski definition) is 1. The lowest BCUT2D eigenvalue weighted by molar-refractivity contribution is 0.688. The Morgan fingerprint density at radius 1 is 1.29 bits per heavy atom. The van der Waals surface area contributed by atoms with E-state index < -0.39 is 0 Å². The number of benzene rings is 1. The molecule has 0 aliphatic rings. The van der Waals surface area contributed by atoms with E-state index in [-0.39, 0.29) is 0 Å². The SMILES string of the molecule is CC(C)CNc1cc(Cl)c(Cl)cc1Br. The maximum absolute atomic E-state index is 5.91. The van der Waals surface area contributed by atoms with Crippen molar-refractivity contribution in [1.82, 2.24) is 0 Å². The summed E-state index contributed by atoms with van der Waals surface area (Å²) >= 11 is 15.2. The highest BCUT2D eigenvalue weighted by Gasteiger charge is 2.05. The fourth-order valence-electron chi connectivity index (χ4n) is 0.972. The van der Waals surface area contributed by atoms with Crippen LogP contribution in [0.1, 0.15) is 13.8 Å². The molecule has 0 aromatic heterocycles. The van der Waals surface area contributed by atoms with Gasteiger partial charge in [-0.2, -0.15) is 0 Å². The van der Waals surface area contributed by atoms with Crippen molar-refractivity contribution >= 4 is 44.8 Å². The van der Waals surface area contributed by atoms with Crippen molar-refractivity contribution in [2.75, 3.05) is 11.9 Å². The first-order valence-electron chi connectivity index (χ1n) is 4.39. The van der Waals surface area contributed by atoms with Crippen LogP contribution >= 0.6 is 39.1 Å². The normalized spacial score (nSPS) is 10.7. The maximum atomic E-state index is 5.91. The molecule has 4 heteroatoms. The van der Waals surface area contributed by atoms with Crippen molar-refractivity contribution in [1.29, 1.82) is 0 Å². The Hall–Kier alpha value is 0.0800. The summed E-state index contributed by atoms with van der Waals surface area (Å²) in [4.78, 5) is 0. The average molecular weight is 297 g/mol. The number of rotatable bonds is 3. The van der Waals surface area contributed by atoms with Crippen molar-refractivity contribution in [3.8, 4) is 0 Å². The highest BCUT2D eigenvalue weighted by molar-refractivity contribution is 9.10. The Morgan fingerprint density at radius 2 is 1.86 bits per heavy atom. The molecular formula is C10H12BrCl2N. The summed E-state index contributed by atoms with van der Waals surface area (Å²) in [6.45, 7) is 5.22. The van der Waals surface area contributed by atoms with Crippen molar-refractivity contribution in [3.63, 3.8) is 0 Å². The summed E-state index contributed by atoms with van der Waals surface area (Å²) in [5, 5.41) is 4.42. The van der Waals surface area contributed by atoms with Crippen LogP contribution in [0.15, 0.2) is 16.6 Å². The van der Waals surface area contributed by atoms with Gasteiger partial charge in [0, 0.05) is 11.0 Å². The van der Waals surface area contributed by atoms with Gasteiger partial charge in [0.2, 0.25) is 0 Å². The molecule has 0 saturated carbocycles. The number of halogens is 3. The van der Waals surface area contributed by atoms with Gasteiger partial charge in [0.15, 0.2) is 0 Å². The molecule has 1 rings (SSSR count). The largest absolute Gasteiger partial charge is 0.384 e. The lowest BCUT2D eigenvalue weighted by Gasteiger charge is -2.11. The predicted molar refractivity (Wildman–Crippen MR) is 67.5 cm³/mol. The van der Waals surface area contributed by atoms with Crippen LogP contribution in [0.5, 0.6) is 0 Å². The Bertz CT molecular complexity index is 326. The number of nitrogens with one attached hydrogen (secondary N) is 1. The van der Waals surface area contributed by atoms with E-state index in [1.807, 2.05) is 6.07 Å². The number of anilines is 1. The van der Waals surface area contributed by atoms with Crippen molar-refractivity contribution in [3.05, 3.63) is 26.7 Å². The average Bonchev–Trinajstić information content (AvgIpc) is 2.09. The second-order valence-electron chi connectivity index (χ2n) is 3.52. The topological polar surface area (TPSA) is 12.0 Å². The van der Waals surface area contributed by atoms with Gasteiger partial charge < -0.3 is 5.32 Å². The molecule has 1 nitrogen and oxygen atoms in total. The highest BCUT2D eigenvalue weighted by atomic mass is 79.9. The molecular weight excluding hydrogens is 285 g/mol. The molecule has 0 aliphatic heterocycles. The number of hydrogen-bond acceptors (Lipinski definition) is 1. The first-order valence-corrected chi connectivity index (χ1v) is 5.94. The molecule has 1 aromatic rings. The van der Waals surface area contributed by atoms with Crippen LogP contribution in [-0.4, -0.2) is 6.54 Å². The van der Waals surface area contributed by atoms with Crippen LogP contribution in [-0.2, 0) is 0 Å². The molecule has 0 unspecified atom stereocenters. The summed E-state index contributed by atoms with van der Waals surface area (Å²) in [5.41, 5.74) is 0.980. The van der Waals surface area contributed by atoms with E-state index in [9.17, 15) is 0 Å². The van der Waals surface area contributed by atoms with Gasteiger partial charge in [-0.3, -0.25) is 0 Å². The van der Waals surface area contributed by atoms with Gasteiger partial charge in [0.05, 0.1) is 15.7 Å². The third kappa shape index (κ3) is 3.34. The molecule has 0 radical (unpaired) electrons. The molecule has 0 atom stereocenters. The Kier molecular flexibility index (Phi) is 4.55. The summed E-state index contributed by atoms with van der Waals surface area (Å²) in [7, 11) is 0. The van der Waals surface area contributed by atoms with E-state index in [2.05, 4.69) is 35.1 Å². The molecule has 0 amide bonds. The standard InChI is InChI=1S/C10H12BrCl2N/c1-6(2)5-14-10-4-9(13)8(12)3-7(10)11/h3-4,6,14H,5H2,1-2H3. The summed E-state index contributed by atoms with van der Waals surface area (Å²) in [6, 6.07) is 3.63. The third-order valence-corrected chi connectivity index (χ3v) is 3.09. The third-order valence-electron chi connectivity index (χ3n) is 1.71. The van der Waals surface area contributed by atoms with E-state index in [1.165, 1.54) is 0 Å². The molecule has 0 heterocycles. The summed E-state index contributed by atoms with van der Waals surface area (Å²) in [5.74, 6) is 0.594. The van der Waals surface area contributed by atoms with Gasteiger partial charge in [0.25, 0.3) is 0 Å². The van der Waals surface area contributed by atoms with E-state index in [4.69, 9.17) is 23.2 Å². The van der Waals surface area contributed by atoms with Crippen molar-refractivity contribution in [2.45, 2.75) is 13.8 Å². The second kappa shape index (κ2) is 5.24. The van der Waals surface area contributed by atoms with Crippen molar-refractivity contribution < 1.29 is 0 Å². The van der Waals surface area contributed by atoms with Gasteiger partial charge >= 0.3 is 0 Å². The zero-order valence-electron chi connectivity index (χ0n) is 8.07. The molecule has 1 N–H and O–H groups in total. The van der Waals surface area contributed by atoms with Crippen LogP contribution < -0.4 is 5.32 Å². The van der Waals surface area contributed by atoms with Crippen LogP contribution in [0.2, 0.25) is 10.0 Å². The first kappa shape index (κ1) is 12.2. The van der Waals surface area contributed by atoms with Crippen LogP contribution in [0.25, 0.3) is 0 Å². The quantitative estimate of drug-likeness (QED) is 0.788. The minimum absolute atomic E-state index is 0.564. The fourth-order valence-corrected chi connectivity index (χ4v) is 1.91. The smallest absolute Gasteiger partial charge is 0.0613 e.